The molecule has 0 unspecified atom stereocenters. The molecular formula is C17H31NO3. The van der Waals surface area contributed by atoms with Gasteiger partial charge in [0.1, 0.15) is 0 Å². The van der Waals surface area contributed by atoms with Crippen LogP contribution in [0, 0.1) is 11.8 Å². The summed E-state index contributed by atoms with van der Waals surface area (Å²) in [5, 5.41) is 10.8. The van der Waals surface area contributed by atoms with Crippen LogP contribution in [0.3, 0.4) is 0 Å². The van der Waals surface area contributed by atoms with Crippen molar-refractivity contribution in [3.05, 3.63) is 0 Å². The van der Waals surface area contributed by atoms with Crippen molar-refractivity contribution < 1.29 is 14.6 Å². The Morgan fingerprint density at radius 2 is 1.81 bits per heavy atom. The Kier molecular flexibility index (Phi) is 6.06. The van der Waals surface area contributed by atoms with Crippen molar-refractivity contribution in [3.8, 4) is 0 Å². The van der Waals surface area contributed by atoms with Gasteiger partial charge in [0, 0.05) is 6.54 Å². The molecule has 1 saturated carbocycles. The Balaban J connectivity index is 1.76. The highest BCUT2D eigenvalue weighted by atomic mass is 16.5. The number of nitrogens with zero attached hydrogens (tertiary/aromatic N) is 1. The SMILES string of the molecule is CCOC(=O)C1CCC(O)(CN2CCC(CC)CC2)CC1. The quantitative estimate of drug-likeness (QED) is 0.793. The summed E-state index contributed by atoms with van der Waals surface area (Å²) in [6, 6.07) is 0. The minimum atomic E-state index is -0.595. The van der Waals surface area contributed by atoms with E-state index in [0.717, 1.165) is 51.2 Å². The van der Waals surface area contributed by atoms with Crippen molar-refractivity contribution in [3.63, 3.8) is 0 Å². The fourth-order valence-electron chi connectivity index (χ4n) is 3.78. The van der Waals surface area contributed by atoms with E-state index in [4.69, 9.17) is 4.74 Å². The van der Waals surface area contributed by atoms with Crippen molar-refractivity contribution in [2.45, 2.75) is 64.4 Å². The predicted octanol–water partition coefficient (Wildman–Crippen LogP) is 2.59. The number of hydrogen-bond acceptors (Lipinski definition) is 4. The van der Waals surface area contributed by atoms with Crippen LogP contribution in [0.15, 0.2) is 0 Å². The molecule has 2 aliphatic rings. The molecule has 0 spiro atoms. The third-order valence-corrected chi connectivity index (χ3v) is 5.34. The van der Waals surface area contributed by atoms with Gasteiger partial charge in [-0.05, 0) is 64.5 Å². The van der Waals surface area contributed by atoms with Gasteiger partial charge in [0.2, 0.25) is 0 Å². The Morgan fingerprint density at radius 3 is 2.33 bits per heavy atom. The number of carbonyl (C=O) groups is 1. The average Bonchev–Trinajstić information content (AvgIpc) is 2.48. The topological polar surface area (TPSA) is 49.8 Å². The zero-order chi connectivity index (χ0) is 15.3. The van der Waals surface area contributed by atoms with Gasteiger partial charge in [-0.25, -0.2) is 0 Å². The Hall–Kier alpha value is -0.610. The molecule has 1 heterocycles. The second kappa shape index (κ2) is 7.59. The molecule has 1 aliphatic heterocycles. The molecule has 0 amide bonds. The minimum Gasteiger partial charge on any atom is -0.466 e. The molecule has 122 valence electrons. The van der Waals surface area contributed by atoms with Crippen molar-refractivity contribution in [1.29, 1.82) is 0 Å². The summed E-state index contributed by atoms with van der Waals surface area (Å²) in [5.41, 5.74) is -0.595. The largest absolute Gasteiger partial charge is 0.466 e. The van der Waals surface area contributed by atoms with Crippen LogP contribution in [0.5, 0.6) is 0 Å². The number of esters is 1. The lowest BCUT2D eigenvalue weighted by atomic mass is 9.78. The third kappa shape index (κ3) is 4.68. The first-order valence-corrected chi connectivity index (χ1v) is 8.67. The summed E-state index contributed by atoms with van der Waals surface area (Å²) < 4.78 is 5.09. The molecule has 0 aromatic heterocycles. The maximum absolute atomic E-state index is 11.8. The van der Waals surface area contributed by atoms with Gasteiger partial charge in [-0.1, -0.05) is 13.3 Å². The highest BCUT2D eigenvalue weighted by Crippen LogP contribution is 2.34. The van der Waals surface area contributed by atoms with E-state index in [2.05, 4.69) is 11.8 Å². The van der Waals surface area contributed by atoms with E-state index in [-0.39, 0.29) is 11.9 Å². The molecule has 1 saturated heterocycles. The van der Waals surface area contributed by atoms with Gasteiger partial charge in [0.25, 0.3) is 0 Å². The van der Waals surface area contributed by atoms with Crippen LogP contribution in [0.25, 0.3) is 0 Å². The number of likely N-dealkylation sites (tertiary alicyclic amines) is 1. The number of rotatable bonds is 5. The number of piperidine rings is 1. The molecule has 1 N–H and O–H groups in total. The van der Waals surface area contributed by atoms with Crippen molar-refractivity contribution in [2.24, 2.45) is 11.8 Å². The van der Waals surface area contributed by atoms with Crippen molar-refractivity contribution in [2.75, 3.05) is 26.2 Å². The van der Waals surface area contributed by atoms with Crippen molar-refractivity contribution in [1.82, 2.24) is 4.90 Å². The van der Waals surface area contributed by atoms with Gasteiger partial charge < -0.3 is 14.7 Å². The summed E-state index contributed by atoms with van der Waals surface area (Å²) in [4.78, 5) is 14.2. The minimum absolute atomic E-state index is 0.00365. The van der Waals surface area contributed by atoms with Crippen LogP contribution in [0.2, 0.25) is 0 Å². The van der Waals surface area contributed by atoms with Crippen LogP contribution in [-0.2, 0) is 9.53 Å². The highest BCUT2D eigenvalue weighted by Gasteiger charge is 2.38. The molecule has 0 aromatic carbocycles. The van der Waals surface area contributed by atoms with E-state index in [1.54, 1.807) is 0 Å². The molecule has 2 rings (SSSR count). The van der Waals surface area contributed by atoms with Crippen LogP contribution in [0.4, 0.5) is 0 Å². The average molecular weight is 297 g/mol. The standard InChI is InChI=1S/C17H31NO3/c1-3-14-7-11-18(12-8-14)13-17(20)9-5-15(6-10-17)16(19)21-4-2/h14-15,20H,3-13H2,1-2H3. The maximum atomic E-state index is 11.8. The Morgan fingerprint density at radius 1 is 1.19 bits per heavy atom. The van der Waals surface area contributed by atoms with Crippen molar-refractivity contribution >= 4 is 5.97 Å². The lowest BCUT2D eigenvalue weighted by Crippen LogP contribution is -2.48. The highest BCUT2D eigenvalue weighted by molar-refractivity contribution is 5.72. The molecule has 1 aliphatic carbocycles. The number of β-amino-alcohol motifs (C(OH)–C–C–N with tert-alkyl or cyclic N) is 1. The summed E-state index contributed by atoms with van der Waals surface area (Å²) in [7, 11) is 0. The second-order valence-corrected chi connectivity index (χ2v) is 6.88. The summed E-state index contributed by atoms with van der Waals surface area (Å²) >= 11 is 0. The number of hydrogen-bond donors (Lipinski definition) is 1. The van der Waals surface area contributed by atoms with E-state index in [9.17, 15) is 9.90 Å². The molecular weight excluding hydrogens is 266 g/mol. The van der Waals surface area contributed by atoms with Gasteiger partial charge in [0.05, 0.1) is 18.1 Å². The Bertz CT molecular complexity index is 329. The summed E-state index contributed by atoms with van der Waals surface area (Å²) in [5.74, 6) is 0.787. The fraction of sp³-hybridized carbons (Fsp3) is 0.941. The lowest BCUT2D eigenvalue weighted by Gasteiger charge is -2.41. The molecule has 4 heteroatoms. The smallest absolute Gasteiger partial charge is 0.308 e. The molecule has 2 fully saturated rings. The zero-order valence-corrected chi connectivity index (χ0v) is 13.6. The van der Waals surface area contributed by atoms with Gasteiger partial charge in [0.15, 0.2) is 0 Å². The van der Waals surface area contributed by atoms with Crippen LogP contribution < -0.4 is 0 Å². The Labute approximate surface area is 128 Å². The van der Waals surface area contributed by atoms with E-state index in [1.165, 1.54) is 19.3 Å². The third-order valence-electron chi connectivity index (χ3n) is 5.34. The normalized spacial score (nSPS) is 32.0. The lowest BCUT2D eigenvalue weighted by molar-refractivity contribution is -0.151. The van der Waals surface area contributed by atoms with Gasteiger partial charge in [-0.3, -0.25) is 4.79 Å². The van der Waals surface area contributed by atoms with E-state index < -0.39 is 5.60 Å². The number of ether oxygens (including phenoxy) is 1. The van der Waals surface area contributed by atoms with Gasteiger partial charge >= 0.3 is 5.97 Å². The van der Waals surface area contributed by atoms with Crippen LogP contribution in [-0.4, -0.2) is 47.8 Å². The molecule has 0 atom stereocenters. The number of aliphatic hydroxyl groups is 1. The van der Waals surface area contributed by atoms with E-state index in [1.807, 2.05) is 6.92 Å². The molecule has 0 aromatic rings. The van der Waals surface area contributed by atoms with Crippen LogP contribution >= 0.6 is 0 Å². The first-order chi connectivity index (χ1) is 10.1. The van der Waals surface area contributed by atoms with Crippen LogP contribution in [0.1, 0.15) is 58.8 Å². The molecule has 0 bridgehead atoms. The summed E-state index contributed by atoms with van der Waals surface area (Å²) in [6.07, 6.45) is 6.78. The van der Waals surface area contributed by atoms with E-state index in [0.29, 0.717) is 6.61 Å². The number of carbonyl (C=O) groups excluding carboxylic acids is 1. The first kappa shape index (κ1) is 16.8. The maximum Gasteiger partial charge on any atom is 0.308 e. The molecule has 0 radical (unpaired) electrons. The molecule has 21 heavy (non-hydrogen) atoms. The summed E-state index contributed by atoms with van der Waals surface area (Å²) in [6.45, 7) is 7.57. The fourth-order valence-corrected chi connectivity index (χ4v) is 3.78. The predicted molar refractivity (Wildman–Crippen MR) is 83.0 cm³/mol. The van der Waals surface area contributed by atoms with Gasteiger partial charge in [-0.2, -0.15) is 0 Å². The monoisotopic (exact) mass is 297 g/mol. The van der Waals surface area contributed by atoms with E-state index >= 15 is 0 Å². The van der Waals surface area contributed by atoms with Gasteiger partial charge in [-0.15, -0.1) is 0 Å². The first-order valence-electron chi connectivity index (χ1n) is 8.67. The second-order valence-electron chi connectivity index (χ2n) is 6.88. The molecule has 4 nitrogen and oxygen atoms in total. The zero-order valence-electron chi connectivity index (χ0n) is 13.6.